The highest BCUT2D eigenvalue weighted by atomic mass is 16.1. The van der Waals surface area contributed by atoms with Crippen LogP contribution in [-0.2, 0) is 11.3 Å². The molecule has 1 saturated carbocycles. The second-order valence-corrected chi connectivity index (χ2v) is 6.63. The average molecular weight is 314 g/mol. The maximum Gasteiger partial charge on any atom is 0.168 e. The summed E-state index contributed by atoms with van der Waals surface area (Å²) < 4.78 is 1.81. The predicted octanol–water partition coefficient (Wildman–Crippen LogP) is 4.04. The molecule has 5 nitrogen and oxygen atoms in total. The summed E-state index contributed by atoms with van der Waals surface area (Å²) in [6, 6.07) is 2.16. The summed E-state index contributed by atoms with van der Waals surface area (Å²) in [4.78, 5) is 16.9. The molecular weight excluding hydrogens is 288 g/mol. The Labute approximate surface area is 138 Å². The summed E-state index contributed by atoms with van der Waals surface area (Å²) in [5, 5.41) is 13.5. The van der Waals surface area contributed by atoms with Crippen LogP contribution in [0.5, 0.6) is 0 Å². The Morgan fingerprint density at radius 1 is 1.48 bits per heavy atom. The van der Waals surface area contributed by atoms with Crippen molar-refractivity contribution in [2.75, 3.05) is 0 Å². The summed E-state index contributed by atoms with van der Waals surface area (Å²) in [6.45, 7) is 7.12. The molecule has 0 N–H and O–H groups in total. The van der Waals surface area contributed by atoms with E-state index in [0.29, 0.717) is 23.7 Å². The second kappa shape index (κ2) is 8.05. The third-order valence-electron chi connectivity index (χ3n) is 4.51. The first-order valence-corrected chi connectivity index (χ1v) is 8.61. The number of aromatic nitrogens is 2. The van der Waals surface area contributed by atoms with Gasteiger partial charge in [0.15, 0.2) is 5.82 Å². The van der Waals surface area contributed by atoms with Crippen molar-refractivity contribution in [1.82, 2.24) is 9.78 Å². The largest absolute Gasteiger partial charge is 0.299 e. The lowest BCUT2D eigenvalue weighted by Crippen LogP contribution is -2.28. The van der Waals surface area contributed by atoms with E-state index in [9.17, 15) is 10.1 Å². The number of aliphatic imine (C=N–C) groups is 1. The molecule has 0 spiro atoms. The van der Waals surface area contributed by atoms with Crippen molar-refractivity contribution in [3.05, 3.63) is 11.8 Å². The molecule has 1 aromatic rings. The predicted molar refractivity (Wildman–Crippen MR) is 90.7 cm³/mol. The third-order valence-corrected chi connectivity index (χ3v) is 4.51. The van der Waals surface area contributed by atoms with Crippen LogP contribution in [0.4, 0.5) is 5.82 Å². The van der Waals surface area contributed by atoms with Crippen LogP contribution in [0.2, 0.25) is 0 Å². The summed E-state index contributed by atoms with van der Waals surface area (Å²) in [5.74, 6) is 1.44. The Kier molecular flexibility index (Phi) is 6.09. The Bertz CT molecular complexity index is 621. The normalized spacial score (nSPS) is 20.2. The minimum Gasteiger partial charge on any atom is -0.299 e. The van der Waals surface area contributed by atoms with Gasteiger partial charge in [0.1, 0.15) is 17.4 Å². The van der Waals surface area contributed by atoms with Crippen LogP contribution in [0.25, 0.3) is 0 Å². The van der Waals surface area contributed by atoms with Gasteiger partial charge in [0.05, 0.1) is 6.20 Å². The van der Waals surface area contributed by atoms with E-state index in [4.69, 9.17) is 0 Å². The molecular formula is C18H26N4O. The number of aryl methyl sites for hydroxylation is 1. The molecule has 1 heterocycles. The molecule has 1 unspecified atom stereocenters. The van der Waals surface area contributed by atoms with Crippen LogP contribution in [0.15, 0.2) is 11.2 Å². The van der Waals surface area contributed by atoms with E-state index in [2.05, 4.69) is 36.9 Å². The zero-order valence-electron chi connectivity index (χ0n) is 14.4. The van der Waals surface area contributed by atoms with Crippen molar-refractivity contribution in [1.29, 1.82) is 5.26 Å². The number of hydrogen-bond donors (Lipinski definition) is 0. The Balaban J connectivity index is 2.17. The van der Waals surface area contributed by atoms with Crippen molar-refractivity contribution in [2.45, 2.75) is 65.8 Å². The average Bonchev–Trinajstić information content (AvgIpc) is 2.89. The topological polar surface area (TPSA) is 71.0 Å². The smallest absolute Gasteiger partial charge is 0.168 e. The lowest BCUT2D eigenvalue weighted by molar-refractivity contribution is -0.123. The monoisotopic (exact) mass is 314 g/mol. The molecule has 0 saturated heterocycles. The van der Waals surface area contributed by atoms with Crippen LogP contribution in [0, 0.1) is 23.2 Å². The van der Waals surface area contributed by atoms with Crippen LogP contribution in [-0.4, -0.2) is 21.3 Å². The molecule has 23 heavy (non-hydrogen) atoms. The summed E-state index contributed by atoms with van der Waals surface area (Å²) in [5.41, 5.74) is 1.38. The number of carbonyl (C=O) groups is 1. The van der Waals surface area contributed by atoms with Crippen molar-refractivity contribution in [3.63, 3.8) is 0 Å². The number of nitrogens with zero attached hydrogens (tertiary/aromatic N) is 4. The Morgan fingerprint density at radius 2 is 2.26 bits per heavy atom. The lowest BCUT2D eigenvalue weighted by Gasteiger charge is -2.24. The van der Waals surface area contributed by atoms with E-state index in [-0.39, 0.29) is 11.7 Å². The molecule has 1 fully saturated rings. The Morgan fingerprint density at radius 3 is 2.87 bits per heavy atom. The summed E-state index contributed by atoms with van der Waals surface area (Å²) in [7, 11) is 0. The molecule has 5 heteroatoms. The fourth-order valence-corrected chi connectivity index (χ4v) is 3.10. The molecule has 0 amide bonds. The molecule has 124 valence electrons. The van der Waals surface area contributed by atoms with E-state index in [1.165, 1.54) is 0 Å². The number of unbranched alkanes of at least 4 members (excludes halogenated alkanes) is 2. The summed E-state index contributed by atoms with van der Waals surface area (Å²) >= 11 is 0. The number of carbonyl (C=O) groups excluding carboxylic acids is 1. The molecule has 1 aromatic heterocycles. The van der Waals surface area contributed by atoms with Crippen molar-refractivity contribution in [2.24, 2.45) is 16.8 Å². The fourth-order valence-electron chi connectivity index (χ4n) is 3.10. The molecule has 1 aliphatic carbocycles. The van der Waals surface area contributed by atoms with Gasteiger partial charge in [-0.05, 0) is 25.2 Å². The Hall–Kier alpha value is -1.96. The van der Waals surface area contributed by atoms with Gasteiger partial charge in [-0.15, -0.1) is 0 Å². The SMILES string of the molecule is CCCCCn1ncc(C#N)c1N=C1CCC(C(C)C)C(=O)C1. The van der Waals surface area contributed by atoms with Gasteiger partial charge in [0.25, 0.3) is 0 Å². The van der Waals surface area contributed by atoms with Crippen molar-refractivity contribution >= 4 is 17.3 Å². The van der Waals surface area contributed by atoms with Gasteiger partial charge in [-0.1, -0.05) is 33.6 Å². The van der Waals surface area contributed by atoms with E-state index in [0.717, 1.165) is 44.4 Å². The molecule has 0 radical (unpaired) electrons. The van der Waals surface area contributed by atoms with E-state index >= 15 is 0 Å². The van der Waals surface area contributed by atoms with Crippen LogP contribution in [0.1, 0.15) is 64.9 Å². The quantitative estimate of drug-likeness (QED) is 0.744. The van der Waals surface area contributed by atoms with Gasteiger partial charge in [-0.2, -0.15) is 10.4 Å². The first-order valence-electron chi connectivity index (χ1n) is 8.61. The molecule has 0 bridgehead atoms. The van der Waals surface area contributed by atoms with Crippen LogP contribution < -0.4 is 0 Å². The number of rotatable bonds is 6. The van der Waals surface area contributed by atoms with Gasteiger partial charge >= 0.3 is 0 Å². The lowest BCUT2D eigenvalue weighted by atomic mass is 9.80. The van der Waals surface area contributed by atoms with E-state index < -0.39 is 0 Å². The van der Waals surface area contributed by atoms with Gasteiger partial charge in [-0.3, -0.25) is 4.79 Å². The van der Waals surface area contributed by atoms with Crippen molar-refractivity contribution in [3.8, 4) is 6.07 Å². The molecule has 1 atom stereocenters. The second-order valence-electron chi connectivity index (χ2n) is 6.63. The van der Waals surface area contributed by atoms with Crippen LogP contribution >= 0.6 is 0 Å². The van der Waals surface area contributed by atoms with Gasteiger partial charge in [-0.25, -0.2) is 9.67 Å². The minimum atomic E-state index is 0.152. The molecule has 0 aliphatic heterocycles. The molecule has 1 aliphatic rings. The molecule has 0 aromatic carbocycles. The number of ketones is 1. The maximum atomic E-state index is 12.3. The first-order chi connectivity index (χ1) is 11.1. The fraction of sp³-hybridized carbons (Fsp3) is 0.667. The number of Topliss-reactive ketones (excluding diaryl/α,β-unsaturated/α-hetero) is 1. The van der Waals surface area contributed by atoms with Gasteiger partial charge < -0.3 is 0 Å². The molecule has 2 rings (SSSR count). The summed E-state index contributed by atoms with van der Waals surface area (Å²) in [6.07, 6.45) is 6.98. The van der Waals surface area contributed by atoms with Gasteiger partial charge in [0, 0.05) is 24.6 Å². The first kappa shape index (κ1) is 17.4. The van der Waals surface area contributed by atoms with E-state index in [1.807, 2.05) is 0 Å². The zero-order valence-corrected chi connectivity index (χ0v) is 14.4. The minimum absolute atomic E-state index is 0.152. The highest BCUT2D eigenvalue weighted by Crippen LogP contribution is 2.28. The number of nitriles is 1. The zero-order chi connectivity index (χ0) is 16.8. The van der Waals surface area contributed by atoms with E-state index in [1.54, 1.807) is 10.9 Å². The highest BCUT2D eigenvalue weighted by molar-refractivity contribution is 6.05. The van der Waals surface area contributed by atoms with Crippen molar-refractivity contribution < 1.29 is 4.79 Å². The van der Waals surface area contributed by atoms with Crippen LogP contribution in [0.3, 0.4) is 0 Å². The van der Waals surface area contributed by atoms with Gasteiger partial charge in [0.2, 0.25) is 0 Å². The third kappa shape index (κ3) is 4.28. The maximum absolute atomic E-state index is 12.3. The highest BCUT2D eigenvalue weighted by Gasteiger charge is 2.28. The number of hydrogen-bond acceptors (Lipinski definition) is 4. The standard InChI is InChI=1S/C18H26N4O/c1-4-5-6-9-22-18(14(11-19)12-20-22)21-15-7-8-16(13(2)3)17(23)10-15/h12-13,16H,4-10H2,1-3H3.